The van der Waals surface area contributed by atoms with Gasteiger partial charge in [0, 0.05) is 11.3 Å². The molecule has 4 nitrogen and oxygen atoms in total. The number of hydrogen-bond acceptors (Lipinski definition) is 4. The molecule has 0 spiro atoms. The van der Waals surface area contributed by atoms with Gasteiger partial charge in [0.2, 0.25) is 0 Å². The Hall–Kier alpha value is -1.75. The standard InChI is InChI=1S/C13H13NO3S/c1-17-13(16)11-7-10(8-18-11)14-12(15)9-5-3-2-4-6-9/h2-7,10H,8H2,1H3,(H,14,15). The van der Waals surface area contributed by atoms with E-state index in [1.807, 2.05) is 18.2 Å². The van der Waals surface area contributed by atoms with Crippen LogP contribution in [0.1, 0.15) is 10.4 Å². The Morgan fingerprint density at radius 3 is 2.72 bits per heavy atom. The fraction of sp³-hybridized carbons (Fsp3) is 0.231. The van der Waals surface area contributed by atoms with Gasteiger partial charge in [-0.05, 0) is 18.2 Å². The zero-order chi connectivity index (χ0) is 13.0. The summed E-state index contributed by atoms with van der Waals surface area (Å²) in [5.41, 5.74) is 0.613. The van der Waals surface area contributed by atoms with Gasteiger partial charge >= 0.3 is 5.97 Å². The van der Waals surface area contributed by atoms with Crippen LogP contribution in [-0.2, 0) is 9.53 Å². The van der Waals surface area contributed by atoms with Gasteiger partial charge in [0.05, 0.1) is 18.1 Å². The highest BCUT2D eigenvalue weighted by molar-refractivity contribution is 8.04. The number of nitrogens with one attached hydrogen (secondary N) is 1. The van der Waals surface area contributed by atoms with E-state index in [1.165, 1.54) is 18.9 Å². The zero-order valence-corrected chi connectivity index (χ0v) is 10.7. The lowest BCUT2D eigenvalue weighted by atomic mass is 10.2. The first-order valence-corrected chi connectivity index (χ1v) is 6.48. The van der Waals surface area contributed by atoms with E-state index in [1.54, 1.807) is 18.2 Å². The van der Waals surface area contributed by atoms with E-state index >= 15 is 0 Å². The number of carbonyl (C=O) groups is 2. The highest BCUT2D eigenvalue weighted by atomic mass is 32.2. The topological polar surface area (TPSA) is 55.4 Å². The minimum absolute atomic E-state index is 0.128. The van der Waals surface area contributed by atoms with Crippen molar-refractivity contribution < 1.29 is 14.3 Å². The van der Waals surface area contributed by atoms with Crippen molar-refractivity contribution in [3.05, 3.63) is 46.9 Å². The quantitative estimate of drug-likeness (QED) is 0.841. The normalized spacial score (nSPS) is 18.1. The first-order chi connectivity index (χ1) is 8.70. The first-order valence-electron chi connectivity index (χ1n) is 5.49. The summed E-state index contributed by atoms with van der Waals surface area (Å²) in [6.45, 7) is 0. The lowest BCUT2D eigenvalue weighted by molar-refractivity contribution is -0.135. The second-order valence-electron chi connectivity index (χ2n) is 3.78. The molecule has 1 aromatic carbocycles. The molecule has 94 valence electrons. The number of amides is 1. The Bertz CT molecular complexity index is 484. The molecule has 0 saturated carbocycles. The Morgan fingerprint density at radius 2 is 2.06 bits per heavy atom. The fourth-order valence-corrected chi connectivity index (χ4v) is 2.61. The SMILES string of the molecule is COC(=O)C1=CC(NC(=O)c2ccccc2)CS1. The molecule has 0 fully saturated rings. The van der Waals surface area contributed by atoms with Gasteiger partial charge in [0.1, 0.15) is 0 Å². The third kappa shape index (κ3) is 2.92. The minimum Gasteiger partial charge on any atom is -0.465 e. The molecule has 1 amide bonds. The van der Waals surface area contributed by atoms with Crippen LogP contribution in [0.25, 0.3) is 0 Å². The van der Waals surface area contributed by atoms with Crippen molar-refractivity contribution in [1.29, 1.82) is 0 Å². The van der Waals surface area contributed by atoms with Gasteiger partial charge in [-0.1, -0.05) is 18.2 Å². The summed E-state index contributed by atoms with van der Waals surface area (Å²) in [4.78, 5) is 23.7. The van der Waals surface area contributed by atoms with E-state index in [9.17, 15) is 9.59 Å². The van der Waals surface area contributed by atoms with Gasteiger partial charge in [-0.2, -0.15) is 0 Å². The smallest absolute Gasteiger partial charge is 0.344 e. The summed E-state index contributed by atoms with van der Waals surface area (Å²) < 4.78 is 4.63. The van der Waals surface area contributed by atoms with E-state index in [2.05, 4.69) is 10.1 Å². The molecule has 18 heavy (non-hydrogen) atoms. The molecule has 0 bridgehead atoms. The summed E-state index contributed by atoms with van der Waals surface area (Å²) in [5, 5.41) is 2.86. The number of esters is 1. The van der Waals surface area contributed by atoms with Crippen LogP contribution in [0.4, 0.5) is 0 Å². The van der Waals surface area contributed by atoms with Crippen molar-refractivity contribution in [1.82, 2.24) is 5.32 Å². The average molecular weight is 263 g/mol. The van der Waals surface area contributed by atoms with Crippen LogP contribution < -0.4 is 5.32 Å². The number of methoxy groups -OCH3 is 1. The number of hydrogen-bond donors (Lipinski definition) is 1. The molecule has 0 aliphatic carbocycles. The van der Waals surface area contributed by atoms with Crippen LogP contribution in [0.5, 0.6) is 0 Å². The highest BCUT2D eigenvalue weighted by Crippen LogP contribution is 2.26. The third-order valence-corrected chi connectivity index (χ3v) is 3.65. The van der Waals surface area contributed by atoms with Gasteiger partial charge in [-0.25, -0.2) is 4.79 Å². The highest BCUT2D eigenvalue weighted by Gasteiger charge is 2.23. The largest absolute Gasteiger partial charge is 0.465 e. The van der Waals surface area contributed by atoms with E-state index in [-0.39, 0.29) is 17.9 Å². The van der Waals surface area contributed by atoms with Crippen molar-refractivity contribution in [2.24, 2.45) is 0 Å². The van der Waals surface area contributed by atoms with Gasteiger partial charge in [-0.3, -0.25) is 4.79 Å². The van der Waals surface area contributed by atoms with Crippen molar-refractivity contribution >= 4 is 23.6 Å². The number of benzene rings is 1. The van der Waals surface area contributed by atoms with Gasteiger partial charge in [-0.15, -0.1) is 11.8 Å². The predicted molar refractivity (Wildman–Crippen MR) is 70.3 cm³/mol. The maximum Gasteiger partial charge on any atom is 0.344 e. The van der Waals surface area contributed by atoms with E-state index < -0.39 is 0 Å². The summed E-state index contributed by atoms with van der Waals surface area (Å²) in [6, 6.07) is 8.86. The third-order valence-electron chi connectivity index (χ3n) is 2.51. The number of thioether (sulfide) groups is 1. The minimum atomic E-state index is -0.350. The lowest BCUT2D eigenvalue weighted by Gasteiger charge is -2.09. The van der Waals surface area contributed by atoms with E-state index in [0.29, 0.717) is 16.2 Å². The van der Waals surface area contributed by atoms with Gasteiger partial charge in [0.25, 0.3) is 5.91 Å². The van der Waals surface area contributed by atoms with Gasteiger partial charge < -0.3 is 10.1 Å². The molecule has 0 radical (unpaired) electrons. The molecule has 1 unspecified atom stereocenters. The number of rotatable bonds is 3. The van der Waals surface area contributed by atoms with E-state index in [4.69, 9.17) is 0 Å². The maximum absolute atomic E-state index is 11.9. The molecule has 1 aliphatic rings. The fourth-order valence-electron chi connectivity index (χ4n) is 1.61. The molecular formula is C13H13NO3S. The van der Waals surface area contributed by atoms with Crippen molar-refractivity contribution in [3.8, 4) is 0 Å². The molecule has 2 rings (SSSR count). The molecule has 0 saturated heterocycles. The second-order valence-corrected chi connectivity index (χ2v) is 4.84. The molecule has 5 heteroatoms. The molecule has 1 atom stereocenters. The first kappa shape index (κ1) is 12.7. The maximum atomic E-state index is 11.9. The summed E-state index contributed by atoms with van der Waals surface area (Å²) in [7, 11) is 1.35. The number of ether oxygens (including phenoxy) is 1. The Balaban J connectivity index is 1.98. The van der Waals surface area contributed by atoms with Crippen LogP contribution in [0.15, 0.2) is 41.3 Å². The summed E-state index contributed by atoms with van der Waals surface area (Å²) in [5.74, 6) is 0.170. The Kier molecular flexibility index (Phi) is 4.04. The van der Waals surface area contributed by atoms with Gasteiger partial charge in [0.15, 0.2) is 0 Å². The second kappa shape index (κ2) is 5.73. The molecule has 0 aromatic heterocycles. The Labute approximate surface area is 109 Å². The zero-order valence-electron chi connectivity index (χ0n) is 9.88. The van der Waals surface area contributed by atoms with Crippen LogP contribution in [0.3, 0.4) is 0 Å². The van der Waals surface area contributed by atoms with Crippen molar-refractivity contribution in [3.63, 3.8) is 0 Å². The van der Waals surface area contributed by atoms with Crippen LogP contribution >= 0.6 is 11.8 Å². The van der Waals surface area contributed by atoms with Crippen molar-refractivity contribution in [2.45, 2.75) is 6.04 Å². The van der Waals surface area contributed by atoms with Crippen LogP contribution in [0.2, 0.25) is 0 Å². The Morgan fingerprint density at radius 1 is 1.33 bits per heavy atom. The predicted octanol–water partition coefficient (Wildman–Crippen LogP) is 1.59. The van der Waals surface area contributed by atoms with E-state index in [0.717, 1.165) is 0 Å². The molecule has 1 N–H and O–H groups in total. The molecule has 1 heterocycles. The monoisotopic (exact) mass is 263 g/mol. The number of carbonyl (C=O) groups excluding carboxylic acids is 2. The molecule has 1 aromatic rings. The average Bonchev–Trinajstić information content (AvgIpc) is 2.87. The summed E-state index contributed by atoms with van der Waals surface area (Å²) in [6.07, 6.45) is 1.73. The van der Waals surface area contributed by atoms with Crippen molar-refractivity contribution in [2.75, 3.05) is 12.9 Å². The van der Waals surface area contributed by atoms with Crippen LogP contribution in [0, 0.1) is 0 Å². The van der Waals surface area contributed by atoms with Crippen LogP contribution in [-0.4, -0.2) is 30.8 Å². The molecule has 1 aliphatic heterocycles. The molecular weight excluding hydrogens is 250 g/mol. The lowest BCUT2D eigenvalue weighted by Crippen LogP contribution is -2.33. The summed E-state index contributed by atoms with van der Waals surface area (Å²) >= 11 is 1.39.